The summed E-state index contributed by atoms with van der Waals surface area (Å²) < 4.78 is 13.3. The molecule has 0 radical (unpaired) electrons. The van der Waals surface area contributed by atoms with Gasteiger partial charge in [-0.3, -0.25) is 15.0 Å². The molecule has 8 nitrogen and oxygen atoms in total. The van der Waals surface area contributed by atoms with Crippen LogP contribution < -0.4 is 16.2 Å². The number of thioether (sulfide) groups is 1. The second-order valence-electron chi connectivity index (χ2n) is 8.09. The molecular weight excluding hydrogens is 443 g/mol. The molecule has 3 N–H and O–H groups in total. The summed E-state index contributed by atoms with van der Waals surface area (Å²) in [5, 5.41) is 10.1. The van der Waals surface area contributed by atoms with Crippen molar-refractivity contribution in [1.29, 1.82) is 0 Å². The number of hydrazone groups is 1. The van der Waals surface area contributed by atoms with Crippen LogP contribution in [0.1, 0.15) is 35.3 Å². The van der Waals surface area contributed by atoms with Gasteiger partial charge in [0.15, 0.2) is 11.0 Å². The Hall–Kier alpha value is -3.37. The molecule has 3 heterocycles. The Morgan fingerprint density at radius 2 is 1.91 bits per heavy atom. The first kappa shape index (κ1) is 21.5. The van der Waals surface area contributed by atoms with Gasteiger partial charge in [0.2, 0.25) is 5.91 Å². The minimum absolute atomic E-state index is 0.0145. The normalized spacial score (nSPS) is 23.0. The zero-order chi connectivity index (χ0) is 22.9. The van der Waals surface area contributed by atoms with E-state index in [1.807, 2.05) is 17.3 Å². The Morgan fingerprint density at radius 3 is 2.64 bits per heavy atom. The third-order valence-electron chi connectivity index (χ3n) is 5.88. The van der Waals surface area contributed by atoms with Crippen molar-refractivity contribution in [2.75, 3.05) is 11.1 Å². The fraction of sp³-hybridized carbons (Fsp3) is 0.261. The van der Waals surface area contributed by atoms with E-state index in [4.69, 9.17) is 0 Å². The number of nitrogens with one attached hydrogen (secondary N) is 3. The van der Waals surface area contributed by atoms with Crippen molar-refractivity contribution in [3.8, 4) is 0 Å². The average Bonchev–Trinajstić information content (AvgIpc) is 3.42. The lowest BCUT2D eigenvalue weighted by Gasteiger charge is -2.36. The molecule has 0 aliphatic carbocycles. The summed E-state index contributed by atoms with van der Waals surface area (Å²) >= 11 is 1.35. The minimum Gasteiger partial charge on any atom is -0.325 e. The van der Waals surface area contributed by atoms with Gasteiger partial charge in [-0.2, -0.15) is 5.10 Å². The summed E-state index contributed by atoms with van der Waals surface area (Å²) in [5.74, 6) is -0.204. The zero-order valence-corrected chi connectivity index (χ0v) is 18.7. The molecule has 1 amide bonds. The van der Waals surface area contributed by atoms with Gasteiger partial charge < -0.3 is 15.2 Å². The molecule has 3 aliphatic heterocycles. The number of nitrogens with zero attached hydrogens (tertiary/aromatic N) is 3. The number of amidine groups is 1. The van der Waals surface area contributed by atoms with Crippen LogP contribution in [-0.4, -0.2) is 44.7 Å². The van der Waals surface area contributed by atoms with E-state index in [0.717, 1.165) is 17.2 Å². The molecule has 10 heteroatoms. The minimum atomic E-state index is -0.245. The van der Waals surface area contributed by atoms with E-state index in [-0.39, 0.29) is 41.5 Å². The molecule has 170 valence electrons. The van der Waals surface area contributed by atoms with Gasteiger partial charge in [-0.1, -0.05) is 23.9 Å². The van der Waals surface area contributed by atoms with Crippen LogP contribution in [0.2, 0.25) is 0 Å². The Morgan fingerprint density at radius 1 is 1.15 bits per heavy atom. The van der Waals surface area contributed by atoms with Crippen molar-refractivity contribution in [3.63, 3.8) is 0 Å². The monoisotopic (exact) mass is 466 g/mol. The summed E-state index contributed by atoms with van der Waals surface area (Å²) in [5.41, 5.74) is 8.93. The van der Waals surface area contributed by atoms with Crippen LogP contribution in [0.25, 0.3) is 0 Å². The van der Waals surface area contributed by atoms with E-state index >= 15 is 0 Å². The standard InChI is InChI=1S/C23H23FN6O2S/c1-14(31)15-4-8-18(9-5-15)25-21(32)13-33-23-27-26-22-20-12-19(16-2-6-17(24)7-3-16)28-30(20)11-10-29(22)23/h2-11,19-20,22,26,28H,12-13H2,1H3,(H,25,32). The maximum atomic E-state index is 13.3. The highest BCUT2D eigenvalue weighted by Crippen LogP contribution is 2.35. The Kier molecular flexibility index (Phi) is 5.77. The third-order valence-corrected chi connectivity index (χ3v) is 6.85. The lowest BCUT2D eigenvalue weighted by atomic mass is 10.00. The van der Waals surface area contributed by atoms with E-state index in [1.54, 1.807) is 36.4 Å². The molecule has 3 unspecified atom stereocenters. The van der Waals surface area contributed by atoms with Crippen molar-refractivity contribution in [1.82, 2.24) is 20.8 Å². The lowest BCUT2D eigenvalue weighted by Crippen LogP contribution is -2.54. The molecule has 3 aliphatic rings. The van der Waals surface area contributed by atoms with Crippen molar-refractivity contribution < 1.29 is 14.0 Å². The lowest BCUT2D eigenvalue weighted by molar-refractivity contribution is -0.113. The largest absolute Gasteiger partial charge is 0.325 e. The molecule has 0 saturated carbocycles. The van der Waals surface area contributed by atoms with Crippen molar-refractivity contribution >= 4 is 34.3 Å². The predicted molar refractivity (Wildman–Crippen MR) is 125 cm³/mol. The number of carbonyl (C=O) groups is 2. The summed E-state index contributed by atoms with van der Waals surface area (Å²) in [6, 6.07) is 13.6. The van der Waals surface area contributed by atoms with Gasteiger partial charge in [-0.05, 0) is 55.3 Å². The van der Waals surface area contributed by atoms with Crippen LogP contribution in [0.5, 0.6) is 0 Å². The van der Waals surface area contributed by atoms with Gasteiger partial charge in [0.25, 0.3) is 0 Å². The fourth-order valence-corrected chi connectivity index (χ4v) is 4.95. The second-order valence-corrected chi connectivity index (χ2v) is 9.03. The Balaban J connectivity index is 1.16. The highest BCUT2D eigenvalue weighted by atomic mass is 32.2. The second kappa shape index (κ2) is 8.87. The van der Waals surface area contributed by atoms with Crippen LogP contribution in [0, 0.1) is 5.82 Å². The highest BCUT2D eigenvalue weighted by Gasteiger charge is 2.44. The molecule has 5 rings (SSSR count). The molecule has 2 aromatic carbocycles. The number of benzene rings is 2. The third kappa shape index (κ3) is 4.44. The van der Waals surface area contributed by atoms with E-state index in [9.17, 15) is 14.0 Å². The number of carbonyl (C=O) groups excluding carboxylic acids is 2. The number of ketones is 1. The topological polar surface area (TPSA) is 89.1 Å². The number of Topliss-reactive ketones (excluding diaryl/α,β-unsaturated/α-hetero) is 1. The summed E-state index contributed by atoms with van der Waals surface area (Å²) in [6.07, 6.45) is 4.67. The predicted octanol–water partition coefficient (Wildman–Crippen LogP) is 3.01. The van der Waals surface area contributed by atoms with E-state index < -0.39 is 0 Å². The van der Waals surface area contributed by atoms with E-state index in [2.05, 4.69) is 26.3 Å². The van der Waals surface area contributed by atoms with Gasteiger partial charge in [0.05, 0.1) is 17.8 Å². The molecule has 3 atom stereocenters. The summed E-state index contributed by atoms with van der Waals surface area (Å²) in [7, 11) is 0. The zero-order valence-electron chi connectivity index (χ0n) is 17.9. The van der Waals surface area contributed by atoms with Crippen LogP contribution in [0.3, 0.4) is 0 Å². The SMILES string of the molecule is CC(=O)c1ccc(NC(=O)CSC2=NNC3C4CC(c5ccc(F)cc5)NN4C=CN23)cc1. The number of rotatable bonds is 5. The molecule has 33 heavy (non-hydrogen) atoms. The van der Waals surface area contributed by atoms with Crippen LogP contribution in [-0.2, 0) is 4.79 Å². The van der Waals surface area contributed by atoms with Gasteiger partial charge in [0, 0.05) is 23.7 Å². The maximum Gasteiger partial charge on any atom is 0.234 e. The highest BCUT2D eigenvalue weighted by molar-refractivity contribution is 8.14. The smallest absolute Gasteiger partial charge is 0.234 e. The van der Waals surface area contributed by atoms with Gasteiger partial charge in [-0.25, -0.2) is 9.82 Å². The van der Waals surface area contributed by atoms with E-state index in [0.29, 0.717) is 11.3 Å². The fourth-order valence-electron chi connectivity index (χ4n) is 4.18. The van der Waals surface area contributed by atoms with Crippen molar-refractivity contribution in [2.24, 2.45) is 5.10 Å². The molecule has 0 aromatic heterocycles. The Labute approximate surface area is 194 Å². The molecule has 2 aromatic rings. The molecule has 1 fully saturated rings. The first-order valence-electron chi connectivity index (χ1n) is 10.6. The quantitative estimate of drug-likeness (QED) is 0.584. The summed E-state index contributed by atoms with van der Waals surface area (Å²) in [6.45, 7) is 1.51. The van der Waals surface area contributed by atoms with Gasteiger partial charge in [0.1, 0.15) is 12.0 Å². The molecule has 1 saturated heterocycles. The number of halogens is 1. The molecular formula is C23H23FN6O2S. The van der Waals surface area contributed by atoms with Crippen molar-refractivity contribution in [3.05, 3.63) is 77.9 Å². The van der Waals surface area contributed by atoms with Crippen LogP contribution >= 0.6 is 11.8 Å². The number of anilines is 1. The summed E-state index contributed by atoms with van der Waals surface area (Å²) in [4.78, 5) is 25.8. The first-order valence-corrected chi connectivity index (χ1v) is 11.6. The Bertz CT molecular complexity index is 1120. The van der Waals surface area contributed by atoms with Crippen molar-refractivity contribution in [2.45, 2.75) is 31.6 Å². The molecule has 0 bridgehead atoms. The maximum absolute atomic E-state index is 13.3. The van der Waals surface area contributed by atoms with Crippen LogP contribution in [0.15, 0.2) is 66.0 Å². The first-order chi connectivity index (χ1) is 16.0. The number of fused-ring (bicyclic) bond motifs is 3. The molecule has 0 spiro atoms. The number of hydrazine groups is 1. The average molecular weight is 467 g/mol. The van der Waals surface area contributed by atoms with Gasteiger partial charge in [-0.15, -0.1) is 0 Å². The number of hydrogen-bond acceptors (Lipinski definition) is 8. The number of hydrogen-bond donors (Lipinski definition) is 3. The number of amides is 1. The van der Waals surface area contributed by atoms with E-state index in [1.165, 1.54) is 30.8 Å². The van der Waals surface area contributed by atoms with Crippen LogP contribution in [0.4, 0.5) is 10.1 Å². The van der Waals surface area contributed by atoms with Gasteiger partial charge >= 0.3 is 0 Å².